The highest BCUT2D eigenvalue weighted by molar-refractivity contribution is 6.02. The summed E-state index contributed by atoms with van der Waals surface area (Å²) >= 11 is 0. The number of rotatable bonds is 6. The molecule has 1 amide bonds. The minimum Gasteiger partial charge on any atom is -0.493 e. The van der Waals surface area contributed by atoms with Crippen LogP contribution < -0.4 is 9.64 Å². The van der Waals surface area contributed by atoms with Crippen molar-refractivity contribution in [2.24, 2.45) is 11.8 Å². The Morgan fingerprint density at radius 1 is 1.00 bits per heavy atom. The van der Waals surface area contributed by atoms with E-state index in [9.17, 15) is 19.8 Å². The number of nitrogens with zero attached hydrogens (tertiary/aromatic N) is 1. The van der Waals surface area contributed by atoms with Gasteiger partial charge in [0.1, 0.15) is 5.75 Å². The molecule has 0 fully saturated rings. The lowest BCUT2D eigenvalue weighted by atomic mass is 9.88. The zero-order valence-electron chi connectivity index (χ0n) is 18.6. The number of carboxylic acid groups (broad SMARTS) is 1. The number of carboxylic acids is 1. The van der Waals surface area contributed by atoms with Crippen LogP contribution >= 0.6 is 0 Å². The normalized spacial score (nSPS) is 17.2. The maximum atomic E-state index is 13.1. The van der Waals surface area contributed by atoms with Gasteiger partial charge in [-0.1, -0.05) is 56.3 Å². The number of hydrogen-bond donors (Lipinski definition) is 2. The van der Waals surface area contributed by atoms with Gasteiger partial charge in [-0.05, 0) is 36.2 Å². The maximum absolute atomic E-state index is 13.1. The molecule has 2 unspecified atom stereocenters. The van der Waals surface area contributed by atoms with E-state index in [1.165, 1.54) is 17.0 Å². The molecule has 0 saturated carbocycles. The zero-order valence-corrected chi connectivity index (χ0v) is 18.6. The van der Waals surface area contributed by atoms with Gasteiger partial charge >= 0.3 is 5.97 Å². The third kappa shape index (κ3) is 4.76. The average molecular weight is 446 g/mol. The van der Waals surface area contributed by atoms with E-state index in [1.807, 2.05) is 30.3 Å². The van der Waals surface area contributed by atoms with Crippen LogP contribution in [0.2, 0.25) is 0 Å². The predicted molar refractivity (Wildman–Crippen MR) is 126 cm³/mol. The molecular weight excluding hydrogens is 418 g/mol. The van der Waals surface area contributed by atoms with Gasteiger partial charge in [-0.2, -0.15) is 0 Å². The minimum atomic E-state index is -1.06. The van der Waals surface area contributed by atoms with Crippen molar-refractivity contribution in [3.63, 3.8) is 0 Å². The number of anilines is 2. The third-order valence-corrected chi connectivity index (χ3v) is 5.88. The Labute approximate surface area is 193 Å². The van der Waals surface area contributed by atoms with Gasteiger partial charge in [-0.25, -0.2) is 4.79 Å². The molecule has 2 atom stereocenters. The second-order valence-electron chi connectivity index (χ2n) is 8.61. The number of carbonyl (C=O) groups excluding carboxylic acids is 1. The first kappa shape index (κ1) is 22.6. The molecule has 4 rings (SSSR count). The molecule has 0 radical (unpaired) electrons. The number of aliphatic hydroxyl groups excluding tert-OH is 1. The van der Waals surface area contributed by atoms with Crippen LogP contribution in [0.4, 0.5) is 11.4 Å². The lowest BCUT2D eigenvalue weighted by Crippen LogP contribution is -2.31. The third-order valence-electron chi connectivity index (χ3n) is 5.88. The van der Waals surface area contributed by atoms with Gasteiger partial charge in [0.15, 0.2) is 0 Å². The van der Waals surface area contributed by atoms with Crippen molar-refractivity contribution in [3.05, 3.63) is 89.5 Å². The molecule has 0 spiro atoms. The highest BCUT2D eigenvalue weighted by Crippen LogP contribution is 2.40. The van der Waals surface area contributed by atoms with Crippen LogP contribution in [0.1, 0.15) is 41.4 Å². The Morgan fingerprint density at radius 2 is 1.73 bits per heavy atom. The molecule has 1 heterocycles. The van der Waals surface area contributed by atoms with Crippen LogP contribution in [-0.4, -0.2) is 28.7 Å². The van der Waals surface area contributed by atoms with Crippen LogP contribution in [0, 0.1) is 11.8 Å². The second kappa shape index (κ2) is 9.46. The summed E-state index contributed by atoms with van der Waals surface area (Å²) in [5, 5.41) is 20.4. The van der Waals surface area contributed by atoms with Crippen molar-refractivity contribution in [1.29, 1.82) is 0 Å². The largest absolute Gasteiger partial charge is 0.493 e. The van der Waals surface area contributed by atoms with Gasteiger partial charge in [-0.15, -0.1) is 0 Å². The summed E-state index contributed by atoms with van der Waals surface area (Å²) in [6.45, 7) is 3.95. The summed E-state index contributed by atoms with van der Waals surface area (Å²) in [4.78, 5) is 26.1. The minimum absolute atomic E-state index is 0.0774. The van der Waals surface area contributed by atoms with E-state index < -0.39 is 12.1 Å². The van der Waals surface area contributed by atoms with Crippen molar-refractivity contribution in [2.45, 2.75) is 26.4 Å². The molecule has 1 aliphatic rings. The quantitative estimate of drug-likeness (QED) is 0.558. The number of hydrogen-bond acceptors (Lipinski definition) is 4. The van der Waals surface area contributed by atoms with Gasteiger partial charge in [0.2, 0.25) is 5.91 Å². The lowest BCUT2D eigenvalue weighted by molar-refractivity contribution is -0.120. The highest BCUT2D eigenvalue weighted by atomic mass is 16.5. The molecule has 0 saturated heterocycles. The summed E-state index contributed by atoms with van der Waals surface area (Å²) in [6, 6.07) is 21.6. The Balaban J connectivity index is 1.66. The first-order chi connectivity index (χ1) is 15.8. The van der Waals surface area contributed by atoms with Crippen molar-refractivity contribution in [1.82, 2.24) is 0 Å². The number of aromatic carboxylic acids is 1. The van der Waals surface area contributed by atoms with E-state index in [2.05, 4.69) is 0 Å². The summed E-state index contributed by atoms with van der Waals surface area (Å²) in [5.41, 5.74) is 2.94. The average Bonchev–Trinajstić information content (AvgIpc) is 2.82. The molecule has 0 aromatic heterocycles. The first-order valence-corrected chi connectivity index (χ1v) is 11.0. The zero-order chi connectivity index (χ0) is 23.5. The smallest absolute Gasteiger partial charge is 0.335 e. The summed E-state index contributed by atoms with van der Waals surface area (Å²) in [5.74, 6) is -1.09. The van der Waals surface area contributed by atoms with Crippen LogP contribution in [0.25, 0.3) is 0 Å². The van der Waals surface area contributed by atoms with Crippen molar-refractivity contribution < 1.29 is 24.5 Å². The molecule has 2 N–H and O–H groups in total. The van der Waals surface area contributed by atoms with Gasteiger partial charge in [0.05, 0.1) is 24.0 Å². The number of aliphatic hydroxyl groups is 1. The van der Waals surface area contributed by atoms with Gasteiger partial charge in [0.25, 0.3) is 0 Å². The van der Waals surface area contributed by atoms with E-state index in [0.29, 0.717) is 35.7 Å². The molecule has 6 heteroatoms. The molecule has 170 valence electrons. The fraction of sp³-hybridized carbons (Fsp3) is 0.259. The topological polar surface area (TPSA) is 87.1 Å². The van der Waals surface area contributed by atoms with Crippen molar-refractivity contribution in [2.75, 3.05) is 11.5 Å². The van der Waals surface area contributed by atoms with E-state index in [4.69, 9.17) is 4.74 Å². The van der Waals surface area contributed by atoms with E-state index in [0.717, 1.165) is 5.56 Å². The number of ether oxygens (including phenoxy) is 1. The van der Waals surface area contributed by atoms with Gasteiger partial charge in [-0.3, -0.25) is 9.69 Å². The molecule has 0 aliphatic carbocycles. The fourth-order valence-corrected chi connectivity index (χ4v) is 4.10. The molecule has 0 bridgehead atoms. The number of amides is 1. The lowest BCUT2D eigenvalue weighted by Gasteiger charge is -2.32. The molecular formula is C27H27NO5. The van der Waals surface area contributed by atoms with Crippen LogP contribution in [0.15, 0.2) is 72.8 Å². The van der Waals surface area contributed by atoms with Gasteiger partial charge in [0, 0.05) is 29.2 Å². The maximum Gasteiger partial charge on any atom is 0.335 e. The number of benzene rings is 3. The highest BCUT2D eigenvalue weighted by Gasteiger charge is 2.31. The monoisotopic (exact) mass is 445 g/mol. The van der Waals surface area contributed by atoms with Crippen LogP contribution in [0.5, 0.6) is 5.75 Å². The van der Waals surface area contributed by atoms with Crippen LogP contribution in [0.3, 0.4) is 0 Å². The van der Waals surface area contributed by atoms with Crippen molar-refractivity contribution >= 4 is 23.3 Å². The Bertz CT molecular complexity index is 1160. The summed E-state index contributed by atoms with van der Waals surface area (Å²) in [7, 11) is 0. The molecule has 3 aromatic rings. The van der Waals surface area contributed by atoms with E-state index in [-0.39, 0.29) is 23.3 Å². The second-order valence-corrected chi connectivity index (χ2v) is 8.61. The molecule has 6 nitrogen and oxygen atoms in total. The predicted octanol–water partition coefficient (Wildman–Crippen LogP) is 4.99. The summed E-state index contributed by atoms with van der Waals surface area (Å²) in [6.07, 6.45) is 0.0101. The van der Waals surface area contributed by atoms with E-state index in [1.54, 1.807) is 44.2 Å². The standard InChI is InChI=1S/C27H27NO5/c1-17(2)26(30)28(21-10-6-9-19(14-21)27(31)32)22-11-12-23-24(15-22)33-16-20(25(23)29)13-18-7-4-3-5-8-18/h3-12,14-15,17,20,25,29H,13,16H2,1-2H3,(H,31,32). The fourth-order valence-electron chi connectivity index (χ4n) is 4.10. The van der Waals surface area contributed by atoms with Gasteiger partial charge < -0.3 is 14.9 Å². The summed E-state index contributed by atoms with van der Waals surface area (Å²) < 4.78 is 6.02. The Morgan fingerprint density at radius 3 is 2.42 bits per heavy atom. The van der Waals surface area contributed by atoms with Crippen LogP contribution in [-0.2, 0) is 11.2 Å². The number of carbonyl (C=O) groups is 2. The SMILES string of the molecule is CC(C)C(=O)N(c1cccc(C(=O)O)c1)c1ccc2c(c1)OCC(Cc1ccccc1)C2O. The van der Waals surface area contributed by atoms with Crippen molar-refractivity contribution in [3.8, 4) is 5.75 Å². The Hall–Kier alpha value is -3.64. The van der Waals surface area contributed by atoms with E-state index >= 15 is 0 Å². The Kier molecular flexibility index (Phi) is 6.47. The number of fused-ring (bicyclic) bond motifs is 1. The first-order valence-electron chi connectivity index (χ1n) is 11.0. The molecule has 3 aromatic carbocycles. The molecule has 1 aliphatic heterocycles. The molecule has 33 heavy (non-hydrogen) atoms.